The number of piperidine rings is 2. The average molecular weight is 577 g/mol. The second-order valence-electron chi connectivity index (χ2n) is 11.1. The Morgan fingerprint density at radius 3 is 1.69 bits per heavy atom. The fraction of sp³-hybridized carbons (Fsp3) is 0.438. The summed E-state index contributed by atoms with van der Waals surface area (Å²) in [5.74, 6) is -1.32. The number of benzene rings is 2. The lowest BCUT2D eigenvalue weighted by Crippen LogP contribution is -2.45. The molecule has 0 N–H and O–H groups in total. The number of aromatic nitrogens is 2. The van der Waals surface area contributed by atoms with E-state index in [1.165, 1.54) is 6.07 Å². The summed E-state index contributed by atoms with van der Waals surface area (Å²) in [6.45, 7) is 5.53. The monoisotopic (exact) mass is 576 g/mol. The number of hydrogen-bond acceptors (Lipinski definition) is 8. The van der Waals surface area contributed by atoms with Crippen LogP contribution in [0, 0.1) is 11.6 Å². The quantitative estimate of drug-likeness (QED) is 0.313. The topological polar surface area (TPSA) is 69.2 Å². The molecular weight excluding hydrogens is 542 g/mol. The highest BCUT2D eigenvalue weighted by atomic mass is 19.1. The summed E-state index contributed by atoms with van der Waals surface area (Å²) < 4.78 is 51.9. The van der Waals surface area contributed by atoms with E-state index in [2.05, 4.69) is 19.8 Å². The third kappa shape index (κ3) is 5.17. The molecule has 0 aliphatic carbocycles. The summed E-state index contributed by atoms with van der Waals surface area (Å²) in [7, 11) is 0. The third-order valence-electron chi connectivity index (χ3n) is 8.73. The maximum Gasteiger partial charge on any atom is 0.172 e. The minimum atomic E-state index is -0.439. The van der Waals surface area contributed by atoms with Crippen molar-refractivity contribution in [1.82, 2.24) is 9.97 Å². The highest BCUT2D eigenvalue weighted by molar-refractivity contribution is 5.91. The van der Waals surface area contributed by atoms with Gasteiger partial charge >= 0.3 is 0 Å². The van der Waals surface area contributed by atoms with E-state index in [0.29, 0.717) is 56.4 Å². The van der Waals surface area contributed by atoms with E-state index in [4.69, 9.17) is 18.9 Å². The number of halogens is 2. The molecule has 4 aromatic rings. The summed E-state index contributed by atoms with van der Waals surface area (Å²) in [5.41, 5.74) is 2.38. The molecule has 10 heteroatoms. The van der Waals surface area contributed by atoms with Gasteiger partial charge in [0.25, 0.3) is 0 Å². The van der Waals surface area contributed by atoms with E-state index in [1.807, 2.05) is 36.4 Å². The van der Waals surface area contributed by atoms with Crippen LogP contribution in [0.2, 0.25) is 0 Å². The molecule has 4 aliphatic rings. The lowest BCUT2D eigenvalue weighted by Gasteiger charge is -2.38. The molecule has 2 aromatic heterocycles. The first-order chi connectivity index (χ1) is 20.5. The van der Waals surface area contributed by atoms with Crippen molar-refractivity contribution >= 4 is 33.2 Å². The van der Waals surface area contributed by atoms with Crippen LogP contribution in [0.5, 0.6) is 0 Å². The van der Waals surface area contributed by atoms with Gasteiger partial charge in [0.15, 0.2) is 17.4 Å². The van der Waals surface area contributed by atoms with Gasteiger partial charge in [-0.25, -0.2) is 8.78 Å². The molecule has 8 nitrogen and oxygen atoms in total. The number of rotatable bonds is 2. The van der Waals surface area contributed by atoms with Crippen molar-refractivity contribution in [2.24, 2.45) is 0 Å². The van der Waals surface area contributed by atoms with Crippen molar-refractivity contribution in [3.8, 4) is 0 Å². The normalized spacial score (nSPS) is 21.3. The van der Waals surface area contributed by atoms with Gasteiger partial charge in [0.05, 0.1) is 43.3 Å². The van der Waals surface area contributed by atoms with Crippen LogP contribution in [0.3, 0.4) is 0 Å². The molecule has 0 atom stereocenters. The smallest absolute Gasteiger partial charge is 0.172 e. The molecule has 0 radical (unpaired) electrons. The first-order valence-corrected chi connectivity index (χ1v) is 14.7. The molecule has 0 saturated carbocycles. The van der Waals surface area contributed by atoms with Crippen molar-refractivity contribution in [1.29, 1.82) is 0 Å². The molecule has 2 spiro atoms. The molecule has 4 saturated heterocycles. The molecule has 6 heterocycles. The zero-order valence-corrected chi connectivity index (χ0v) is 23.4. The van der Waals surface area contributed by atoms with Gasteiger partial charge in [-0.15, -0.1) is 0 Å². The largest absolute Gasteiger partial charge is 0.369 e. The molecule has 8 rings (SSSR count). The Kier molecular flexibility index (Phi) is 7.39. The molecule has 0 bridgehead atoms. The van der Waals surface area contributed by atoms with Crippen LogP contribution in [0.15, 0.2) is 60.9 Å². The van der Waals surface area contributed by atoms with E-state index in [9.17, 15) is 8.78 Å². The zero-order valence-electron chi connectivity index (χ0n) is 23.4. The van der Waals surface area contributed by atoms with Gasteiger partial charge < -0.3 is 28.7 Å². The van der Waals surface area contributed by atoms with E-state index in [1.54, 1.807) is 18.5 Å². The third-order valence-corrected chi connectivity index (χ3v) is 8.73. The second-order valence-corrected chi connectivity index (χ2v) is 11.1. The fourth-order valence-electron chi connectivity index (χ4n) is 6.48. The van der Waals surface area contributed by atoms with Gasteiger partial charge in [-0.1, -0.05) is 18.2 Å². The van der Waals surface area contributed by atoms with Gasteiger partial charge in [-0.2, -0.15) is 0 Å². The standard InChI is InChI=1S/2C16H17FN2O2/c17-14-13(4-3-12-2-1-7-18-15(12)14)19-8-5-16(6-9-19)20-10-11-21-16;17-13-4-3-12-2-1-7-18-14(12)15(13)19-8-5-16(6-9-19)20-10-11-21-16/h2*1-4,7H,5-6,8-11H2. The highest BCUT2D eigenvalue weighted by Gasteiger charge is 2.41. The predicted molar refractivity (Wildman–Crippen MR) is 156 cm³/mol. The van der Waals surface area contributed by atoms with Crippen LogP contribution in [-0.2, 0) is 18.9 Å². The molecule has 0 unspecified atom stereocenters. The summed E-state index contributed by atoms with van der Waals surface area (Å²) in [6.07, 6.45) is 6.39. The van der Waals surface area contributed by atoms with Crippen LogP contribution >= 0.6 is 0 Å². The Labute approximate surface area is 243 Å². The first kappa shape index (κ1) is 27.4. The van der Waals surface area contributed by atoms with Crippen molar-refractivity contribution in [2.75, 3.05) is 62.4 Å². The van der Waals surface area contributed by atoms with E-state index in [0.717, 1.165) is 55.1 Å². The van der Waals surface area contributed by atoms with Crippen LogP contribution in [0.25, 0.3) is 21.8 Å². The van der Waals surface area contributed by atoms with E-state index >= 15 is 0 Å². The Morgan fingerprint density at radius 2 is 1.10 bits per heavy atom. The number of fused-ring (bicyclic) bond motifs is 2. The summed E-state index contributed by atoms with van der Waals surface area (Å²) >= 11 is 0. The predicted octanol–water partition coefficient (Wildman–Crippen LogP) is 5.43. The minimum Gasteiger partial charge on any atom is -0.369 e. The summed E-state index contributed by atoms with van der Waals surface area (Å²) in [4.78, 5) is 12.6. The molecular formula is C32H34F2N4O4. The number of pyridine rings is 2. The molecule has 4 fully saturated rings. The van der Waals surface area contributed by atoms with Gasteiger partial charge in [0.2, 0.25) is 0 Å². The van der Waals surface area contributed by atoms with Crippen LogP contribution in [0.1, 0.15) is 25.7 Å². The van der Waals surface area contributed by atoms with Gasteiger partial charge in [0.1, 0.15) is 11.3 Å². The van der Waals surface area contributed by atoms with Crippen LogP contribution in [-0.4, -0.2) is 74.1 Å². The summed E-state index contributed by atoms with van der Waals surface area (Å²) in [6, 6.07) is 14.6. The number of anilines is 2. The number of ether oxygens (including phenoxy) is 4. The molecule has 4 aliphatic heterocycles. The van der Waals surface area contributed by atoms with Crippen molar-refractivity contribution in [2.45, 2.75) is 37.3 Å². The SMILES string of the molecule is Fc1c(N2CCC3(CC2)OCCO3)ccc2cccnc12.Fc1ccc2cccnc2c1N1CCC2(CC1)OCCO2. The van der Waals surface area contributed by atoms with Crippen molar-refractivity contribution < 1.29 is 27.7 Å². The van der Waals surface area contributed by atoms with Gasteiger partial charge in [-0.05, 0) is 30.3 Å². The molecule has 42 heavy (non-hydrogen) atoms. The second kappa shape index (κ2) is 11.3. The van der Waals surface area contributed by atoms with E-state index < -0.39 is 11.6 Å². The molecule has 0 amide bonds. The zero-order chi connectivity index (χ0) is 28.6. The Hall–Kier alpha value is -3.44. The van der Waals surface area contributed by atoms with Crippen molar-refractivity contribution in [3.63, 3.8) is 0 Å². The minimum absolute atomic E-state index is 0.217. The van der Waals surface area contributed by atoms with Crippen LogP contribution in [0.4, 0.5) is 20.2 Å². The molecule has 220 valence electrons. The summed E-state index contributed by atoms with van der Waals surface area (Å²) in [5, 5.41) is 1.79. The Morgan fingerprint density at radius 1 is 0.595 bits per heavy atom. The maximum atomic E-state index is 14.7. The first-order valence-electron chi connectivity index (χ1n) is 14.7. The Balaban J connectivity index is 0.000000137. The number of nitrogens with zero attached hydrogens (tertiary/aromatic N) is 4. The van der Waals surface area contributed by atoms with Crippen LogP contribution < -0.4 is 9.80 Å². The highest BCUT2D eigenvalue weighted by Crippen LogP contribution is 2.37. The van der Waals surface area contributed by atoms with E-state index in [-0.39, 0.29) is 11.6 Å². The average Bonchev–Trinajstić information content (AvgIpc) is 3.69. The number of hydrogen-bond donors (Lipinski definition) is 0. The molecule has 2 aromatic carbocycles. The van der Waals surface area contributed by atoms with Gasteiger partial charge in [0, 0.05) is 75.0 Å². The van der Waals surface area contributed by atoms with Gasteiger partial charge in [-0.3, -0.25) is 9.97 Å². The lowest BCUT2D eigenvalue weighted by atomic mass is 10.0. The van der Waals surface area contributed by atoms with Crippen molar-refractivity contribution in [3.05, 3.63) is 72.6 Å². The lowest BCUT2D eigenvalue weighted by molar-refractivity contribution is -0.169. The fourth-order valence-corrected chi connectivity index (χ4v) is 6.48. The maximum absolute atomic E-state index is 14.7. The Bertz CT molecular complexity index is 1560.